The highest BCUT2D eigenvalue weighted by Gasteiger charge is 2.52. The van der Waals surface area contributed by atoms with Crippen LogP contribution in [0.2, 0.25) is 0 Å². The SMILES string of the molecule is CC/C(=C\C(=O)O)c1cnc(-c2cc(C34CC5CC(CC(C5)C3)C4)c(OCc3ccccc3)cc2C)nc1. The summed E-state index contributed by atoms with van der Waals surface area (Å²) in [6, 6.07) is 14.9. The van der Waals surface area contributed by atoms with Gasteiger partial charge in [-0.25, -0.2) is 14.8 Å². The molecule has 1 heterocycles. The molecule has 5 nitrogen and oxygen atoms in total. The van der Waals surface area contributed by atoms with E-state index in [1.165, 1.54) is 55.7 Å². The largest absolute Gasteiger partial charge is 0.489 e. The molecule has 3 aromatic rings. The van der Waals surface area contributed by atoms with Crippen LogP contribution in [-0.2, 0) is 16.8 Å². The number of nitrogens with zero attached hydrogens (tertiary/aromatic N) is 2. The van der Waals surface area contributed by atoms with Crippen LogP contribution in [0.1, 0.15) is 74.1 Å². The number of carboxylic acids is 1. The van der Waals surface area contributed by atoms with Gasteiger partial charge in [-0.1, -0.05) is 37.3 Å². The molecule has 0 amide bonds. The van der Waals surface area contributed by atoms with Crippen LogP contribution in [-0.4, -0.2) is 21.0 Å². The molecule has 0 aliphatic heterocycles. The predicted octanol–water partition coefficient (Wildman–Crippen LogP) is 7.38. The fourth-order valence-corrected chi connectivity index (χ4v) is 7.80. The number of aromatic nitrogens is 2. The normalized spacial score (nSPS) is 25.9. The van der Waals surface area contributed by atoms with Crippen LogP contribution in [0.15, 0.2) is 60.9 Å². The lowest BCUT2D eigenvalue weighted by Gasteiger charge is -2.57. The molecule has 0 saturated heterocycles. The first kappa shape index (κ1) is 24.8. The van der Waals surface area contributed by atoms with Gasteiger partial charge in [-0.3, -0.25) is 0 Å². The molecule has 1 N–H and O–H groups in total. The van der Waals surface area contributed by atoms with Gasteiger partial charge in [-0.05, 0) is 104 Å². The number of allylic oxidation sites excluding steroid dienone is 1. The molecule has 4 bridgehead atoms. The van der Waals surface area contributed by atoms with Crippen molar-refractivity contribution in [3.05, 3.63) is 83.2 Å². The van der Waals surface area contributed by atoms with Gasteiger partial charge in [-0.15, -0.1) is 0 Å². The summed E-state index contributed by atoms with van der Waals surface area (Å²) in [6.45, 7) is 4.60. The lowest BCUT2D eigenvalue weighted by atomic mass is 9.48. The molecular weight excluding hydrogens is 472 g/mol. The van der Waals surface area contributed by atoms with Crippen molar-refractivity contribution in [2.75, 3.05) is 0 Å². The van der Waals surface area contributed by atoms with Crippen molar-refractivity contribution < 1.29 is 14.6 Å². The molecule has 0 radical (unpaired) electrons. The van der Waals surface area contributed by atoms with Gasteiger partial charge in [-0.2, -0.15) is 0 Å². The fraction of sp³-hybridized carbons (Fsp3) is 0.424. The zero-order chi connectivity index (χ0) is 26.3. The maximum atomic E-state index is 11.2. The molecule has 4 aliphatic rings. The van der Waals surface area contributed by atoms with Crippen LogP contribution in [0.5, 0.6) is 5.75 Å². The number of hydrogen-bond acceptors (Lipinski definition) is 4. The van der Waals surface area contributed by atoms with E-state index in [0.29, 0.717) is 18.9 Å². The Balaban J connectivity index is 1.39. The average Bonchev–Trinajstić information content (AvgIpc) is 2.90. The number of hydrogen-bond donors (Lipinski definition) is 1. The first-order valence-electron chi connectivity index (χ1n) is 14.0. The van der Waals surface area contributed by atoms with E-state index >= 15 is 0 Å². The average molecular weight is 509 g/mol. The lowest BCUT2D eigenvalue weighted by Crippen LogP contribution is -2.48. The maximum absolute atomic E-state index is 11.2. The summed E-state index contributed by atoms with van der Waals surface area (Å²) in [4.78, 5) is 20.6. The van der Waals surface area contributed by atoms with Gasteiger partial charge in [0.1, 0.15) is 12.4 Å². The van der Waals surface area contributed by atoms with E-state index in [9.17, 15) is 9.90 Å². The number of rotatable bonds is 8. The minimum absolute atomic E-state index is 0.169. The molecule has 5 heteroatoms. The highest BCUT2D eigenvalue weighted by Crippen LogP contribution is 2.62. The van der Waals surface area contributed by atoms with Crippen molar-refractivity contribution in [1.82, 2.24) is 9.97 Å². The van der Waals surface area contributed by atoms with E-state index in [-0.39, 0.29) is 5.41 Å². The molecule has 1 aromatic heterocycles. The quantitative estimate of drug-likeness (QED) is 0.322. The summed E-state index contributed by atoms with van der Waals surface area (Å²) in [5, 5.41) is 9.21. The number of carboxylic acid groups (broad SMARTS) is 1. The van der Waals surface area contributed by atoms with Crippen molar-refractivity contribution in [2.45, 2.75) is 70.8 Å². The van der Waals surface area contributed by atoms with Gasteiger partial charge < -0.3 is 9.84 Å². The minimum atomic E-state index is -0.951. The van der Waals surface area contributed by atoms with E-state index in [0.717, 1.165) is 45.8 Å². The Morgan fingerprint density at radius 1 is 1.03 bits per heavy atom. The molecule has 4 aliphatic carbocycles. The number of aryl methyl sites for hydroxylation is 1. The van der Waals surface area contributed by atoms with Crippen molar-refractivity contribution in [3.63, 3.8) is 0 Å². The molecule has 0 atom stereocenters. The lowest BCUT2D eigenvalue weighted by molar-refractivity contribution is -0.131. The van der Waals surface area contributed by atoms with Gasteiger partial charge >= 0.3 is 5.97 Å². The third-order valence-electron chi connectivity index (χ3n) is 9.12. The number of aliphatic carboxylic acids is 1. The molecule has 196 valence electrons. The second-order valence-corrected chi connectivity index (χ2v) is 11.8. The molecule has 2 aromatic carbocycles. The molecule has 4 fully saturated rings. The summed E-state index contributed by atoms with van der Waals surface area (Å²) < 4.78 is 6.58. The molecular formula is C33H36N2O3. The van der Waals surface area contributed by atoms with Crippen LogP contribution in [0.3, 0.4) is 0 Å². The van der Waals surface area contributed by atoms with E-state index in [1.807, 2.05) is 13.0 Å². The van der Waals surface area contributed by atoms with Gasteiger partial charge in [0.15, 0.2) is 5.82 Å². The van der Waals surface area contributed by atoms with E-state index in [1.54, 1.807) is 12.4 Å². The van der Waals surface area contributed by atoms with Crippen LogP contribution >= 0.6 is 0 Å². The fourth-order valence-electron chi connectivity index (χ4n) is 7.80. The molecule has 0 unspecified atom stereocenters. The van der Waals surface area contributed by atoms with E-state index in [2.05, 4.69) is 43.3 Å². The molecule has 7 rings (SSSR count). The topological polar surface area (TPSA) is 72.3 Å². The Morgan fingerprint density at radius 2 is 1.66 bits per heavy atom. The maximum Gasteiger partial charge on any atom is 0.328 e. The summed E-state index contributed by atoms with van der Waals surface area (Å²) >= 11 is 0. The van der Waals surface area contributed by atoms with Crippen molar-refractivity contribution in [2.24, 2.45) is 17.8 Å². The van der Waals surface area contributed by atoms with Gasteiger partial charge in [0.25, 0.3) is 0 Å². The summed E-state index contributed by atoms with van der Waals surface area (Å²) in [5.74, 6) is 3.23. The minimum Gasteiger partial charge on any atom is -0.489 e. The van der Waals surface area contributed by atoms with Gasteiger partial charge in [0.05, 0.1) is 0 Å². The van der Waals surface area contributed by atoms with Crippen molar-refractivity contribution in [3.8, 4) is 17.1 Å². The number of benzene rings is 2. The summed E-state index contributed by atoms with van der Waals surface area (Å²) in [7, 11) is 0. The van der Waals surface area contributed by atoms with E-state index < -0.39 is 5.97 Å². The Morgan fingerprint density at radius 3 is 2.24 bits per heavy atom. The Hall–Kier alpha value is -3.47. The second-order valence-electron chi connectivity index (χ2n) is 11.8. The highest BCUT2D eigenvalue weighted by molar-refractivity contribution is 5.89. The first-order chi connectivity index (χ1) is 18.4. The van der Waals surface area contributed by atoms with Crippen LogP contribution in [0, 0.1) is 24.7 Å². The van der Waals surface area contributed by atoms with Gasteiger partial charge in [0.2, 0.25) is 0 Å². The van der Waals surface area contributed by atoms with Crippen molar-refractivity contribution in [1.29, 1.82) is 0 Å². The second kappa shape index (κ2) is 10.0. The van der Waals surface area contributed by atoms with Crippen molar-refractivity contribution >= 4 is 11.5 Å². The van der Waals surface area contributed by atoms with Crippen LogP contribution < -0.4 is 4.74 Å². The van der Waals surface area contributed by atoms with Crippen LogP contribution in [0.25, 0.3) is 17.0 Å². The standard InChI is InChI=1S/C33H36N2O3/c1-3-26(13-31(36)37)27-18-34-32(35-19-27)28-14-29(33-15-23-10-24(16-33)12-25(11-23)17-33)30(9-21(28)2)38-20-22-7-5-4-6-8-22/h4-9,13-14,18-19,23-25H,3,10-12,15-17,20H2,1-2H3,(H,36,37)/b26-13+. The number of ether oxygens (including phenoxy) is 1. The van der Waals surface area contributed by atoms with E-state index in [4.69, 9.17) is 14.7 Å². The third-order valence-corrected chi connectivity index (χ3v) is 9.12. The molecule has 38 heavy (non-hydrogen) atoms. The Kier molecular flexibility index (Phi) is 6.55. The Labute approximate surface area is 225 Å². The third kappa shape index (κ3) is 4.75. The Bertz CT molecular complexity index is 1330. The highest BCUT2D eigenvalue weighted by atomic mass is 16.5. The monoisotopic (exact) mass is 508 g/mol. The van der Waals surface area contributed by atoms with Gasteiger partial charge in [0, 0.05) is 35.2 Å². The molecule has 4 saturated carbocycles. The van der Waals surface area contributed by atoms with Crippen LogP contribution in [0.4, 0.5) is 0 Å². The smallest absolute Gasteiger partial charge is 0.328 e. The first-order valence-corrected chi connectivity index (χ1v) is 14.0. The summed E-state index contributed by atoms with van der Waals surface area (Å²) in [5.41, 5.74) is 6.27. The summed E-state index contributed by atoms with van der Waals surface area (Å²) in [6.07, 6.45) is 13.3. The predicted molar refractivity (Wildman–Crippen MR) is 149 cm³/mol. The number of carbonyl (C=O) groups is 1. The zero-order valence-corrected chi connectivity index (χ0v) is 22.3. The zero-order valence-electron chi connectivity index (χ0n) is 22.3. The molecule has 0 spiro atoms.